The van der Waals surface area contributed by atoms with Crippen molar-refractivity contribution in [3.8, 4) is 0 Å². The zero-order valence-electron chi connectivity index (χ0n) is 10.9. The van der Waals surface area contributed by atoms with Gasteiger partial charge in [0.15, 0.2) is 0 Å². The molecule has 2 N–H and O–H groups in total. The van der Waals surface area contributed by atoms with E-state index in [2.05, 4.69) is 43.1 Å². The van der Waals surface area contributed by atoms with Gasteiger partial charge in [0, 0.05) is 16.8 Å². The van der Waals surface area contributed by atoms with Gasteiger partial charge in [-0.15, -0.1) is 11.3 Å². The summed E-state index contributed by atoms with van der Waals surface area (Å²) in [5, 5.41) is 1.17. The van der Waals surface area contributed by atoms with Crippen molar-refractivity contribution in [2.24, 2.45) is 5.73 Å². The summed E-state index contributed by atoms with van der Waals surface area (Å²) in [5.74, 6) is 0. The number of rotatable bonds is 2. The normalized spacial score (nSPS) is 22.2. The van der Waals surface area contributed by atoms with E-state index in [1.165, 1.54) is 21.0 Å². The standard InChI is InChI=1S/C15H18N2S/c1-10-11(2)18-14(17-10)9-15(16)8-7-12-5-3-4-6-13(12)15/h3-6H,7-9,16H2,1-2H3. The summed E-state index contributed by atoms with van der Waals surface area (Å²) >= 11 is 1.78. The summed E-state index contributed by atoms with van der Waals surface area (Å²) < 4.78 is 0. The zero-order chi connectivity index (χ0) is 12.8. The highest BCUT2D eigenvalue weighted by molar-refractivity contribution is 7.11. The summed E-state index contributed by atoms with van der Waals surface area (Å²) in [6.45, 7) is 4.20. The summed E-state index contributed by atoms with van der Waals surface area (Å²) in [4.78, 5) is 5.94. The number of hydrogen-bond donors (Lipinski definition) is 1. The van der Waals surface area contributed by atoms with Crippen LogP contribution >= 0.6 is 11.3 Å². The maximum atomic E-state index is 6.63. The second-order valence-corrected chi connectivity index (χ2v) is 6.53. The average molecular weight is 258 g/mol. The number of benzene rings is 1. The van der Waals surface area contributed by atoms with Gasteiger partial charge < -0.3 is 5.73 Å². The van der Waals surface area contributed by atoms with Crippen LogP contribution in [0.4, 0.5) is 0 Å². The molecule has 1 heterocycles. The molecule has 2 nitrogen and oxygen atoms in total. The molecule has 0 saturated heterocycles. The van der Waals surface area contributed by atoms with Crippen molar-refractivity contribution in [1.82, 2.24) is 4.98 Å². The zero-order valence-corrected chi connectivity index (χ0v) is 11.7. The van der Waals surface area contributed by atoms with Crippen molar-refractivity contribution >= 4 is 11.3 Å². The Kier molecular flexibility index (Phi) is 2.76. The Hall–Kier alpha value is -1.19. The highest BCUT2D eigenvalue weighted by Crippen LogP contribution is 2.38. The van der Waals surface area contributed by atoms with Crippen LogP contribution in [0.1, 0.15) is 33.1 Å². The lowest BCUT2D eigenvalue weighted by Gasteiger charge is -2.24. The van der Waals surface area contributed by atoms with E-state index in [1.54, 1.807) is 11.3 Å². The molecule has 0 saturated carbocycles. The number of nitrogens with zero attached hydrogens (tertiary/aromatic N) is 1. The molecule has 0 aliphatic heterocycles. The Morgan fingerprint density at radius 1 is 1.33 bits per heavy atom. The van der Waals surface area contributed by atoms with E-state index in [0.717, 1.165) is 25.0 Å². The van der Waals surface area contributed by atoms with Crippen molar-refractivity contribution < 1.29 is 0 Å². The molecule has 2 aromatic rings. The van der Waals surface area contributed by atoms with Crippen LogP contribution in [0.5, 0.6) is 0 Å². The predicted octanol–water partition coefficient (Wildman–Crippen LogP) is 3.10. The molecule has 1 aliphatic rings. The van der Waals surface area contributed by atoms with Gasteiger partial charge in [0.2, 0.25) is 0 Å². The monoisotopic (exact) mass is 258 g/mol. The molecule has 1 unspecified atom stereocenters. The summed E-state index contributed by atoms with van der Waals surface area (Å²) in [6.07, 6.45) is 2.99. The Balaban J connectivity index is 1.93. The fourth-order valence-corrected chi connectivity index (χ4v) is 3.84. The first kappa shape index (κ1) is 11.9. The van der Waals surface area contributed by atoms with Gasteiger partial charge in [-0.25, -0.2) is 4.98 Å². The first-order valence-electron chi connectivity index (χ1n) is 6.39. The van der Waals surface area contributed by atoms with Gasteiger partial charge in [0.25, 0.3) is 0 Å². The Morgan fingerprint density at radius 3 is 2.83 bits per heavy atom. The van der Waals surface area contributed by atoms with Crippen LogP contribution in [0.3, 0.4) is 0 Å². The van der Waals surface area contributed by atoms with Crippen LogP contribution in [0.15, 0.2) is 24.3 Å². The van der Waals surface area contributed by atoms with Crippen molar-refractivity contribution in [1.29, 1.82) is 0 Å². The molecule has 0 spiro atoms. The average Bonchev–Trinajstić information content (AvgIpc) is 2.82. The van der Waals surface area contributed by atoms with Crippen molar-refractivity contribution in [3.05, 3.63) is 51.0 Å². The van der Waals surface area contributed by atoms with E-state index in [9.17, 15) is 0 Å². The molecule has 0 fully saturated rings. The molecule has 1 atom stereocenters. The van der Waals surface area contributed by atoms with Gasteiger partial charge >= 0.3 is 0 Å². The summed E-state index contributed by atoms with van der Waals surface area (Å²) in [6, 6.07) is 8.56. The van der Waals surface area contributed by atoms with Gasteiger partial charge in [0.05, 0.1) is 10.7 Å². The number of nitrogens with two attached hydrogens (primary N) is 1. The molecule has 3 rings (SSSR count). The fourth-order valence-electron chi connectivity index (χ4n) is 2.78. The van der Waals surface area contributed by atoms with E-state index >= 15 is 0 Å². The summed E-state index contributed by atoms with van der Waals surface area (Å²) in [5.41, 5.74) is 10.3. The third-order valence-corrected chi connectivity index (χ3v) is 5.01. The molecule has 1 aliphatic carbocycles. The van der Waals surface area contributed by atoms with Gasteiger partial charge in [-0.3, -0.25) is 0 Å². The number of aromatic nitrogens is 1. The molecule has 0 amide bonds. The molecular weight excluding hydrogens is 240 g/mol. The molecule has 3 heteroatoms. The lowest BCUT2D eigenvalue weighted by molar-refractivity contribution is 0.438. The van der Waals surface area contributed by atoms with Crippen molar-refractivity contribution in [3.63, 3.8) is 0 Å². The lowest BCUT2D eigenvalue weighted by atomic mass is 9.90. The van der Waals surface area contributed by atoms with Gasteiger partial charge in [0.1, 0.15) is 0 Å². The number of hydrogen-bond acceptors (Lipinski definition) is 3. The maximum absolute atomic E-state index is 6.63. The topological polar surface area (TPSA) is 38.9 Å². The molecule has 1 aromatic carbocycles. The van der Waals surface area contributed by atoms with Gasteiger partial charge in [-0.05, 0) is 37.8 Å². The fraction of sp³-hybridized carbons (Fsp3) is 0.400. The molecule has 18 heavy (non-hydrogen) atoms. The molecular formula is C15H18N2S. The van der Waals surface area contributed by atoms with Crippen LogP contribution < -0.4 is 5.73 Å². The first-order valence-corrected chi connectivity index (χ1v) is 7.20. The molecule has 0 radical (unpaired) electrons. The quantitative estimate of drug-likeness (QED) is 0.899. The van der Waals surface area contributed by atoms with E-state index in [0.29, 0.717) is 0 Å². The number of aryl methyl sites for hydroxylation is 3. The van der Waals surface area contributed by atoms with Crippen LogP contribution in [0, 0.1) is 13.8 Å². The first-order chi connectivity index (χ1) is 8.58. The predicted molar refractivity (Wildman–Crippen MR) is 75.9 cm³/mol. The third kappa shape index (κ3) is 1.88. The number of thiazole rings is 1. The van der Waals surface area contributed by atoms with E-state index in [4.69, 9.17) is 5.73 Å². The van der Waals surface area contributed by atoms with Crippen LogP contribution in [-0.4, -0.2) is 4.98 Å². The molecule has 0 bridgehead atoms. The lowest BCUT2D eigenvalue weighted by Crippen LogP contribution is -2.36. The minimum absolute atomic E-state index is 0.215. The second-order valence-electron chi connectivity index (χ2n) is 5.24. The Morgan fingerprint density at radius 2 is 2.11 bits per heavy atom. The van der Waals surface area contributed by atoms with Gasteiger partial charge in [-0.2, -0.15) is 0 Å². The molecule has 1 aromatic heterocycles. The summed E-state index contributed by atoms with van der Waals surface area (Å²) in [7, 11) is 0. The smallest absolute Gasteiger partial charge is 0.0952 e. The number of fused-ring (bicyclic) bond motifs is 1. The SMILES string of the molecule is Cc1nc(CC2(N)CCc3ccccc32)sc1C. The van der Waals surface area contributed by atoms with Crippen LogP contribution in [0.25, 0.3) is 0 Å². The Bertz CT molecular complexity index is 568. The molecule has 94 valence electrons. The van der Waals surface area contributed by atoms with E-state index < -0.39 is 0 Å². The van der Waals surface area contributed by atoms with E-state index in [-0.39, 0.29) is 5.54 Å². The minimum atomic E-state index is -0.215. The maximum Gasteiger partial charge on any atom is 0.0952 e. The Labute approximate surface area is 112 Å². The van der Waals surface area contributed by atoms with Gasteiger partial charge in [-0.1, -0.05) is 24.3 Å². The minimum Gasteiger partial charge on any atom is -0.321 e. The highest BCUT2D eigenvalue weighted by atomic mass is 32.1. The van der Waals surface area contributed by atoms with E-state index in [1.807, 2.05) is 0 Å². The second kappa shape index (κ2) is 4.18. The largest absolute Gasteiger partial charge is 0.321 e. The van der Waals surface area contributed by atoms with Crippen LogP contribution in [0.2, 0.25) is 0 Å². The highest BCUT2D eigenvalue weighted by Gasteiger charge is 2.35. The van der Waals surface area contributed by atoms with Crippen molar-refractivity contribution in [2.75, 3.05) is 0 Å². The third-order valence-electron chi connectivity index (χ3n) is 3.93. The van der Waals surface area contributed by atoms with Crippen molar-refractivity contribution in [2.45, 2.75) is 38.6 Å². The van der Waals surface area contributed by atoms with Crippen LogP contribution in [-0.2, 0) is 18.4 Å².